The number of benzene rings is 2. The summed E-state index contributed by atoms with van der Waals surface area (Å²) >= 11 is 5.91. The van der Waals surface area contributed by atoms with Gasteiger partial charge in [-0.1, -0.05) is 22.9 Å². The van der Waals surface area contributed by atoms with Crippen molar-refractivity contribution in [2.75, 3.05) is 31.1 Å². The lowest BCUT2D eigenvalue weighted by atomic mass is 10.2. The SMILES string of the molecule is O=C(c1ccc(Cl)cc1)N1CCN(c2ncnc3c2nnn3-c2cccc(F)c2)CC1. The maximum atomic E-state index is 13.6. The van der Waals surface area contributed by atoms with Crippen LogP contribution in [0.15, 0.2) is 54.9 Å². The van der Waals surface area contributed by atoms with Crippen molar-refractivity contribution in [2.24, 2.45) is 0 Å². The summed E-state index contributed by atoms with van der Waals surface area (Å²) in [5.74, 6) is 0.254. The second-order valence-corrected chi connectivity index (χ2v) is 7.57. The van der Waals surface area contributed by atoms with Crippen LogP contribution in [-0.2, 0) is 0 Å². The molecule has 2 aromatic carbocycles. The van der Waals surface area contributed by atoms with E-state index in [1.54, 1.807) is 36.4 Å². The zero-order chi connectivity index (χ0) is 21.4. The van der Waals surface area contributed by atoms with Crippen molar-refractivity contribution in [1.29, 1.82) is 0 Å². The predicted molar refractivity (Wildman–Crippen MR) is 114 cm³/mol. The summed E-state index contributed by atoms with van der Waals surface area (Å²) in [5.41, 5.74) is 2.17. The molecule has 1 amide bonds. The Kier molecular flexibility index (Phi) is 4.95. The molecule has 1 aliphatic heterocycles. The first kappa shape index (κ1) is 19.4. The molecule has 2 aromatic heterocycles. The molecule has 8 nitrogen and oxygen atoms in total. The van der Waals surface area contributed by atoms with Gasteiger partial charge in [0.05, 0.1) is 5.69 Å². The minimum Gasteiger partial charge on any atom is -0.351 e. The van der Waals surface area contributed by atoms with Crippen LogP contribution in [0.2, 0.25) is 5.02 Å². The fraction of sp³-hybridized carbons (Fsp3) is 0.190. The number of carbonyl (C=O) groups is 1. The average Bonchev–Trinajstić information content (AvgIpc) is 3.24. The van der Waals surface area contributed by atoms with Crippen LogP contribution in [0.4, 0.5) is 10.2 Å². The van der Waals surface area contributed by atoms with Crippen LogP contribution in [0, 0.1) is 5.82 Å². The molecule has 4 aromatic rings. The number of fused-ring (bicyclic) bond motifs is 1. The van der Waals surface area contributed by atoms with Gasteiger partial charge < -0.3 is 9.80 Å². The number of aromatic nitrogens is 5. The molecule has 10 heteroatoms. The smallest absolute Gasteiger partial charge is 0.253 e. The fourth-order valence-corrected chi connectivity index (χ4v) is 3.77. The van der Waals surface area contributed by atoms with Crippen LogP contribution in [0.3, 0.4) is 0 Å². The molecule has 0 radical (unpaired) electrons. The third-order valence-electron chi connectivity index (χ3n) is 5.23. The molecule has 1 saturated heterocycles. The highest BCUT2D eigenvalue weighted by Gasteiger charge is 2.25. The topological polar surface area (TPSA) is 80.0 Å². The predicted octanol–water partition coefficient (Wildman–Crippen LogP) is 2.97. The van der Waals surface area contributed by atoms with E-state index in [9.17, 15) is 9.18 Å². The van der Waals surface area contributed by atoms with Crippen molar-refractivity contribution in [2.45, 2.75) is 0 Å². The Morgan fingerprint density at radius 2 is 1.77 bits per heavy atom. The van der Waals surface area contributed by atoms with Crippen LogP contribution in [0.1, 0.15) is 10.4 Å². The molecule has 3 heterocycles. The van der Waals surface area contributed by atoms with Gasteiger partial charge in [-0.25, -0.2) is 14.4 Å². The standard InChI is InChI=1S/C21H17ClFN7O/c22-15-6-4-14(5-7-15)21(31)29-10-8-28(9-11-29)19-18-20(25-13-24-19)30(27-26-18)17-3-1-2-16(23)12-17/h1-7,12-13H,8-11H2. The van der Waals surface area contributed by atoms with E-state index in [0.29, 0.717) is 59.4 Å². The number of piperazine rings is 1. The summed E-state index contributed by atoms with van der Waals surface area (Å²) in [6, 6.07) is 13.0. The van der Waals surface area contributed by atoms with Crippen molar-refractivity contribution in [1.82, 2.24) is 29.9 Å². The number of hydrogen-bond donors (Lipinski definition) is 0. The van der Waals surface area contributed by atoms with Crippen molar-refractivity contribution in [3.8, 4) is 5.69 Å². The van der Waals surface area contributed by atoms with Crippen LogP contribution in [0.25, 0.3) is 16.9 Å². The third-order valence-corrected chi connectivity index (χ3v) is 5.48. The minimum absolute atomic E-state index is 0.0267. The first-order valence-corrected chi connectivity index (χ1v) is 10.1. The molecule has 31 heavy (non-hydrogen) atoms. The van der Waals surface area contributed by atoms with E-state index < -0.39 is 0 Å². The summed E-state index contributed by atoms with van der Waals surface area (Å²) in [4.78, 5) is 25.3. The van der Waals surface area contributed by atoms with Crippen LogP contribution < -0.4 is 4.90 Å². The lowest BCUT2D eigenvalue weighted by molar-refractivity contribution is 0.0746. The molecule has 1 aliphatic rings. The van der Waals surface area contributed by atoms with E-state index in [1.165, 1.54) is 23.1 Å². The van der Waals surface area contributed by atoms with Crippen molar-refractivity contribution >= 4 is 34.5 Å². The van der Waals surface area contributed by atoms with Gasteiger partial charge >= 0.3 is 0 Å². The number of amides is 1. The zero-order valence-corrected chi connectivity index (χ0v) is 17.1. The lowest BCUT2D eigenvalue weighted by Crippen LogP contribution is -2.49. The Balaban J connectivity index is 1.36. The van der Waals surface area contributed by atoms with Gasteiger partial charge in [-0.2, -0.15) is 4.68 Å². The van der Waals surface area contributed by atoms with Gasteiger partial charge in [0.1, 0.15) is 12.1 Å². The molecular weight excluding hydrogens is 421 g/mol. The average molecular weight is 438 g/mol. The quantitative estimate of drug-likeness (QED) is 0.490. The molecule has 156 valence electrons. The molecular formula is C21H17ClFN7O. The molecule has 1 fully saturated rings. The summed E-state index contributed by atoms with van der Waals surface area (Å²) < 4.78 is 15.1. The number of anilines is 1. The Morgan fingerprint density at radius 3 is 2.52 bits per heavy atom. The third kappa shape index (κ3) is 3.68. The number of hydrogen-bond acceptors (Lipinski definition) is 6. The molecule has 5 rings (SSSR count). The van der Waals surface area contributed by atoms with E-state index in [1.807, 2.05) is 4.90 Å². The van der Waals surface area contributed by atoms with Crippen molar-refractivity contribution in [3.05, 3.63) is 71.3 Å². The van der Waals surface area contributed by atoms with Gasteiger partial charge in [-0.05, 0) is 42.5 Å². The molecule has 0 saturated carbocycles. The maximum Gasteiger partial charge on any atom is 0.253 e. The lowest BCUT2D eigenvalue weighted by Gasteiger charge is -2.35. The van der Waals surface area contributed by atoms with E-state index in [0.717, 1.165) is 0 Å². The molecule has 0 bridgehead atoms. The van der Waals surface area contributed by atoms with Gasteiger partial charge in [0.15, 0.2) is 17.0 Å². The van der Waals surface area contributed by atoms with Crippen LogP contribution in [0.5, 0.6) is 0 Å². The Morgan fingerprint density at radius 1 is 1.00 bits per heavy atom. The van der Waals surface area contributed by atoms with Crippen molar-refractivity contribution in [3.63, 3.8) is 0 Å². The highest BCUT2D eigenvalue weighted by Crippen LogP contribution is 2.24. The maximum absolute atomic E-state index is 13.6. The summed E-state index contributed by atoms with van der Waals surface area (Å²) in [6.07, 6.45) is 1.45. The molecule has 0 aliphatic carbocycles. The largest absolute Gasteiger partial charge is 0.351 e. The first-order valence-electron chi connectivity index (χ1n) is 9.72. The van der Waals surface area contributed by atoms with Gasteiger partial charge in [-0.15, -0.1) is 5.10 Å². The molecule has 0 unspecified atom stereocenters. The number of halogens is 2. The second kappa shape index (κ2) is 7.92. The summed E-state index contributed by atoms with van der Waals surface area (Å²) in [5, 5.41) is 8.99. The highest BCUT2D eigenvalue weighted by atomic mass is 35.5. The molecule has 0 N–H and O–H groups in total. The number of rotatable bonds is 3. The van der Waals surface area contributed by atoms with E-state index >= 15 is 0 Å². The number of carbonyl (C=O) groups excluding carboxylic acids is 1. The first-order chi connectivity index (χ1) is 15.1. The summed E-state index contributed by atoms with van der Waals surface area (Å²) in [7, 11) is 0. The van der Waals surface area contributed by atoms with Crippen molar-refractivity contribution < 1.29 is 9.18 Å². The van der Waals surface area contributed by atoms with E-state index in [2.05, 4.69) is 25.2 Å². The van der Waals surface area contributed by atoms with Crippen LogP contribution >= 0.6 is 11.6 Å². The molecule has 0 spiro atoms. The van der Waals surface area contributed by atoms with Gasteiger partial charge in [0.25, 0.3) is 5.91 Å². The molecule has 0 atom stereocenters. The highest BCUT2D eigenvalue weighted by molar-refractivity contribution is 6.30. The van der Waals surface area contributed by atoms with Gasteiger partial charge in [0, 0.05) is 36.8 Å². The Bertz CT molecular complexity index is 1250. The zero-order valence-electron chi connectivity index (χ0n) is 16.3. The monoisotopic (exact) mass is 437 g/mol. The van der Waals surface area contributed by atoms with Gasteiger partial charge in [-0.3, -0.25) is 4.79 Å². The Hall–Kier alpha value is -3.59. The Labute approximate surface area is 181 Å². The van der Waals surface area contributed by atoms with E-state index in [-0.39, 0.29) is 11.7 Å². The fourth-order valence-electron chi connectivity index (χ4n) is 3.65. The minimum atomic E-state index is -0.364. The van der Waals surface area contributed by atoms with Crippen LogP contribution in [-0.4, -0.2) is 61.9 Å². The van der Waals surface area contributed by atoms with E-state index in [4.69, 9.17) is 11.6 Å². The van der Waals surface area contributed by atoms with Gasteiger partial charge in [0.2, 0.25) is 0 Å². The number of nitrogens with zero attached hydrogens (tertiary/aromatic N) is 7. The summed E-state index contributed by atoms with van der Waals surface area (Å²) in [6.45, 7) is 2.28. The second-order valence-electron chi connectivity index (χ2n) is 7.14. The normalized spacial score (nSPS) is 14.3.